The number of halogens is 1. The molecule has 10 nitrogen and oxygen atoms in total. The molecule has 1 aliphatic rings. The molecule has 1 aromatic rings. The Morgan fingerprint density at radius 3 is 2.50 bits per heavy atom. The Kier molecular flexibility index (Phi) is 7.34. The van der Waals surface area contributed by atoms with Crippen LogP contribution in [0.2, 0.25) is 0 Å². The number of nitrogens with zero attached hydrogens (tertiary/aromatic N) is 1. The number of fused-ring (bicyclic) bond motifs is 1. The van der Waals surface area contributed by atoms with Gasteiger partial charge in [-0.15, -0.1) is 11.8 Å². The van der Waals surface area contributed by atoms with Gasteiger partial charge in [-0.25, -0.2) is 17.6 Å². The number of anilines is 1. The molecule has 0 spiro atoms. The van der Waals surface area contributed by atoms with Crippen LogP contribution in [0.25, 0.3) is 0 Å². The Bertz CT molecular complexity index is 1050. The van der Waals surface area contributed by atoms with E-state index in [4.69, 9.17) is 15.3 Å². The molecule has 0 fully saturated rings. The van der Waals surface area contributed by atoms with Gasteiger partial charge in [0.25, 0.3) is 0 Å². The smallest absolute Gasteiger partial charge is 0.408 e. The van der Waals surface area contributed by atoms with E-state index >= 15 is 0 Å². The first-order valence-electron chi connectivity index (χ1n) is 9.48. The molecule has 13 heteroatoms. The number of carbonyl (C=O) groups is 2. The molecule has 4 N–H and O–H groups in total. The van der Waals surface area contributed by atoms with Gasteiger partial charge in [0, 0.05) is 16.9 Å². The molecular formula is C19H27FN4O6S2. The fraction of sp³-hybridized carbons (Fsp3) is 0.526. The molecule has 0 saturated heterocycles. The van der Waals surface area contributed by atoms with E-state index in [1.165, 1.54) is 19.9 Å². The van der Waals surface area contributed by atoms with Crippen LogP contribution in [0.4, 0.5) is 14.9 Å². The summed E-state index contributed by atoms with van der Waals surface area (Å²) in [5, 5.41) is 8.66. The summed E-state index contributed by atoms with van der Waals surface area (Å²) in [6, 6.07) is 1.51. The number of benzene rings is 1. The SMILES string of the molecule is CC(C)(C)OC(=O)N[C@H]1CSc2cc(F)c(/C(N)=N/OC(C)(C)S(C)(=O)=O)cc2NC1=O. The average molecular weight is 491 g/mol. The lowest BCUT2D eigenvalue weighted by molar-refractivity contribution is -0.117. The van der Waals surface area contributed by atoms with Gasteiger partial charge >= 0.3 is 6.09 Å². The number of nitrogens with one attached hydrogen (secondary N) is 2. The molecule has 2 amide bonds. The Hall–Kier alpha value is -2.54. The van der Waals surface area contributed by atoms with Crippen LogP contribution in [0.3, 0.4) is 0 Å². The van der Waals surface area contributed by atoms with Crippen LogP contribution in [0, 0.1) is 5.82 Å². The molecular weight excluding hydrogens is 463 g/mol. The number of hydrogen-bond donors (Lipinski definition) is 3. The summed E-state index contributed by atoms with van der Waals surface area (Å²) < 4.78 is 43.3. The molecule has 1 aliphatic heterocycles. The number of nitrogens with two attached hydrogens (primary N) is 1. The maximum absolute atomic E-state index is 14.7. The first kappa shape index (κ1) is 25.7. The Labute approximate surface area is 190 Å². The number of rotatable bonds is 5. The van der Waals surface area contributed by atoms with Crippen molar-refractivity contribution in [2.24, 2.45) is 10.9 Å². The summed E-state index contributed by atoms with van der Waals surface area (Å²) in [7, 11) is -3.63. The first-order chi connectivity index (χ1) is 14.5. The van der Waals surface area contributed by atoms with E-state index in [-0.39, 0.29) is 17.0 Å². The number of amides is 2. The molecule has 0 bridgehead atoms. The molecule has 0 unspecified atom stereocenters. The zero-order valence-electron chi connectivity index (χ0n) is 18.6. The molecule has 0 aromatic heterocycles. The third-order valence-corrected chi connectivity index (χ3v) is 7.28. The van der Waals surface area contributed by atoms with Gasteiger partial charge in [0.05, 0.1) is 11.3 Å². The summed E-state index contributed by atoms with van der Waals surface area (Å²) >= 11 is 1.15. The van der Waals surface area contributed by atoms with Crippen LogP contribution >= 0.6 is 11.8 Å². The van der Waals surface area contributed by atoms with Crippen LogP contribution in [-0.2, 0) is 24.2 Å². The highest BCUT2D eigenvalue weighted by molar-refractivity contribution is 7.99. The third kappa shape index (κ3) is 6.48. The summed E-state index contributed by atoms with van der Waals surface area (Å²) in [5.41, 5.74) is 5.14. The van der Waals surface area contributed by atoms with Gasteiger partial charge in [-0.05, 0) is 46.8 Å². The summed E-state index contributed by atoms with van der Waals surface area (Å²) in [5.74, 6) is -1.53. The lowest BCUT2D eigenvalue weighted by Gasteiger charge is -2.22. The number of thioether (sulfide) groups is 1. The second kappa shape index (κ2) is 9.14. The maximum Gasteiger partial charge on any atom is 0.408 e. The number of hydrogen-bond acceptors (Lipinski definition) is 8. The second-order valence-corrected chi connectivity index (χ2v) is 12.2. The van der Waals surface area contributed by atoms with Gasteiger partial charge in [0.2, 0.25) is 10.8 Å². The standard InChI is InChI=1S/C19H27FN4O6S2/c1-18(2,3)29-17(26)23-13-9-31-14-8-11(20)10(7-12(14)22-16(13)25)15(21)24-30-19(4,5)32(6,27)28/h7-8,13H,9H2,1-6H3,(H2,21,24)(H,22,25)(H,23,26)/t13-/m0/s1. The van der Waals surface area contributed by atoms with E-state index in [2.05, 4.69) is 15.8 Å². The van der Waals surface area contributed by atoms with Crippen molar-refractivity contribution in [3.63, 3.8) is 0 Å². The predicted molar refractivity (Wildman–Crippen MR) is 120 cm³/mol. The minimum atomic E-state index is -3.63. The normalized spacial score (nSPS) is 17.7. The number of sulfone groups is 1. The minimum Gasteiger partial charge on any atom is -0.444 e. The number of ether oxygens (including phenoxy) is 1. The molecule has 1 aromatic carbocycles. The second-order valence-electron chi connectivity index (χ2n) is 8.57. The first-order valence-corrected chi connectivity index (χ1v) is 12.4. The van der Waals surface area contributed by atoms with E-state index in [1.807, 2.05) is 0 Å². The Balaban J connectivity index is 2.23. The highest BCUT2D eigenvalue weighted by atomic mass is 32.2. The zero-order valence-corrected chi connectivity index (χ0v) is 20.2. The van der Waals surface area contributed by atoms with Gasteiger partial charge in [-0.3, -0.25) is 4.79 Å². The monoisotopic (exact) mass is 490 g/mol. The van der Waals surface area contributed by atoms with E-state index < -0.39 is 50.1 Å². The number of oxime groups is 1. The molecule has 1 heterocycles. The molecule has 0 aliphatic carbocycles. The third-order valence-electron chi connectivity index (χ3n) is 4.27. The van der Waals surface area contributed by atoms with E-state index in [1.54, 1.807) is 20.8 Å². The van der Waals surface area contributed by atoms with Gasteiger partial charge in [-0.1, -0.05) is 5.16 Å². The molecule has 2 rings (SSSR count). The fourth-order valence-electron chi connectivity index (χ4n) is 2.27. The molecule has 178 valence electrons. The van der Waals surface area contributed by atoms with Crippen LogP contribution < -0.4 is 16.4 Å². The molecule has 32 heavy (non-hydrogen) atoms. The maximum atomic E-state index is 14.7. The average Bonchev–Trinajstić information content (AvgIpc) is 2.75. The van der Waals surface area contributed by atoms with Crippen molar-refractivity contribution in [3.8, 4) is 0 Å². The molecule has 0 saturated carbocycles. The van der Waals surface area contributed by atoms with Crippen LogP contribution in [0.1, 0.15) is 40.2 Å². The van der Waals surface area contributed by atoms with Crippen molar-refractivity contribution in [1.29, 1.82) is 0 Å². The lowest BCUT2D eigenvalue weighted by Crippen LogP contribution is -2.46. The number of amidine groups is 1. The summed E-state index contributed by atoms with van der Waals surface area (Å²) in [4.78, 5) is 28.3. The van der Waals surface area contributed by atoms with E-state index in [0.29, 0.717) is 4.90 Å². The van der Waals surface area contributed by atoms with Crippen molar-refractivity contribution < 1.29 is 32.0 Å². The van der Waals surface area contributed by atoms with Crippen LogP contribution in [0.5, 0.6) is 0 Å². The predicted octanol–water partition coefficient (Wildman–Crippen LogP) is 2.18. The quantitative estimate of drug-likeness (QED) is 0.323. The molecule has 1 atom stereocenters. The van der Waals surface area contributed by atoms with Crippen molar-refractivity contribution >= 4 is 45.1 Å². The van der Waals surface area contributed by atoms with Gasteiger partial charge in [0.15, 0.2) is 15.7 Å². The Morgan fingerprint density at radius 1 is 1.31 bits per heavy atom. The van der Waals surface area contributed by atoms with Gasteiger partial charge < -0.3 is 25.9 Å². The topological polar surface area (TPSA) is 149 Å². The Morgan fingerprint density at radius 2 is 1.94 bits per heavy atom. The highest BCUT2D eigenvalue weighted by Crippen LogP contribution is 2.33. The van der Waals surface area contributed by atoms with Gasteiger partial charge in [0.1, 0.15) is 17.5 Å². The molecule has 0 radical (unpaired) electrons. The van der Waals surface area contributed by atoms with Crippen molar-refractivity contribution in [2.45, 2.75) is 56.1 Å². The van der Waals surface area contributed by atoms with Crippen molar-refractivity contribution in [2.75, 3.05) is 17.3 Å². The van der Waals surface area contributed by atoms with Gasteiger partial charge in [-0.2, -0.15) is 0 Å². The van der Waals surface area contributed by atoms with Crippen molar-refractivity contribution in [1.82, 2.24) is 5.32 Å². The van der Waals surface area contributed by atoms with Crippen molar-refractivity contribution in [3.05, 3.63) is 23.5 Å². The van der Waals surface area contributed by atoms with E-state index in [9.17, 15) is 22.4 Å². The summed E-state index contributed by atoms with van der Waals surface area (Å²) in [6.07, 6.45) is 0.217. The summed E-state index contributed by atoms with van der Waals surface area (Å²) in [6.45, 7) is 7.65. The van der Waals surface area contributed by atoms with Crippen LogP contribution in [0.15, 0.2) is 22.2 Å². The number of carbonyl (C=O) groups excluding carboxylic acids is 2. The number of alkyl carbamates (subject to hydrolysis) is 1. The van der Waals surface area contributed by atoms with E-state index in [0.717, 1.165) is 24.1 Å². The fourth-order valence-corrected chi connectivity index (χ4v) is 3.48. The zero-order chi connectivity index (χ0) is 24.5. The lowest BCUT2D eigenvalue weighted by atomic mass is 10.1. The minimum absolute atomic E-state index is 0.145. The largest absolute Gasteiger partial charge is 0.444 e. The van der Waals surface area contributed by atoms with Crippen LogP contribution in [-0.4, -0.2) is 54.8 Å². The highest BCUT2D eigenvalue weighted by Gasteiger charge is 2.33.